The molecule has 0 fully saturated rings. The molecule has 3 rings (SSSR count). The zero-order valence-electron chi connectivity index (χ0n) is 11.2. The molecule has 0 spiro atoms. The van der Waals surface area contributed by atoms with Crippen molar-refractivity contribution in [2.75, 3.05) is 0 Å². The summed E-state index contributed by atoms with van der Waals surface area (Å²) in [6.45, 7) is 1.99. The summed E-state index contributed by atoms with van der Waals surface area (Å²) < 4.78 is 0. The Bertz CT molecular complexity index is 761. The number of benzene rings is 3. The van der Waals surface area contributed by atoms with Crippen LogP contribution in [0.5, 0.6) is 0 Å². The Hall–Kier alpha value is -2.10. The average Bonchev–Trinajstić information content (AvgIpc) is 2.46. The molecule has 0 aliphatic rings. The van der Waals surface area contributed by atoms with Crippen LogP contribution >= 0.6 is 0 Å². The van der Waals surface area contributed by atoms with Crippen molar-refractivity contribution in [2.24, 2.45) is 0 Å². The van der Waals surface area contributed by atoms with E-state index in [2.05, 4.69) is 24.3 Å². The van der Waals surface area contributed by atoms with Crippen molar-refractivity contribution in [1.29, 1.82) is 0 Å². The molecule has 0 atom stereocenters. The van der Waals surface area contributed by atoms with Crippen LogP contribution in [0.25, 0.3) is 21.9 Å². The molecule has 3 aromatic rings. The first kappa shape index (κ1) is 12.9. The Labute approximate surface area is 118 Å². The normalized spacial score (nSPS) is 10.8. The van der Waals surface area contributed by atoms with Gasteiger partial charge in [0.1, 0.15) is 0 Å². The highest BCUT2D eigenvalue weighted by molar-refractivity contribution is 6.58. The van der Waals surface area contributed by atoms with E-state index in [4.69, 9.17) is 0 Å². The molecule has 0 saturated heterocycles. The lowest BCUT2D eigenvalue weighted by molar-refractivity contribution is 0.426. The van der Waals surface area contributed by atoms with Gasteiger partial charge in [-0.25, -0.2) is 0 Å². The van der Waals surface area contributed by atoms with Gasteiger partial charge in [-0.05, 0) is 39.8 Å². The van der Waals surface area contributed by atoms with E-state index in [1.165, 1.54) is 16.3 Å². The van der Waals surface area contributed by atoms with E-state index in [9.17, 15) is 10.0 Å². The van der Waals surface area contributed by atoms with Crippen LogP contribution in [0.2, 0.25) is 0 Å². The number of rotatable bonds is 2. The van der Waals surface area contributed by atoms with Crippen molar-refractivity contribution in [3.63, 3.8) is 0 Å². The van der Waals surface area contributed by atoms with Crippen LogP contribution in [-0.2, 0) is 0 Å². The second-order valence-electron chi connectivity index (χ2n) is 4.97. The van der Waals surface area contributed by atoms with Gasteiger partial charge in [0.2, 0.25) is 0 Å². The third-order valence-electron chi connectivity index (χ3n) is 3.63. The van der Waals surface area contributed by atoms with Crippen LogP contribution in [0, 0.1) is 6.92 Å². The fraction of sp³-hybridized carbons (Fsp3) is 0.0588. The van der Waals surface area contributed by atoms with E-state index in [-0.39, 0.29) is 0 Å². The predicted molar refractivity (Wildman–Crippen MR) is 83.9 cm³/mol. The first-order valence-corrected chi connectivity index (χ1v) is 6.61. The van der Waals surface area contributed by atoms with Gasteiger partial charge in [-0.3, -0.25) is 0 Å². The minimum Gasteiger partial charge on any atom is -0.423 e. The van der Waals surface area contributed by atoms with Crippen molar-refractivity contribution in [2.45, 2.75) is 6.92 Å². The smallest absolute Gasteiger partial charge is 0.423 e. The summed E-state index contributed by atoms with van der Waals surface area (Å²) in [6, 6.07) is 20.0. The first-order chi connectivity index (χ1) is 9.66. The Morgan fingerprint density at radius 1 is 0.800 bits per heavy atom. The summed E-state index contributed by atoms with van der Waals surface area (Å²) in [5.41, 5.74) is 3.84. The zero-order valence-corrected chi connectivity index (χ0v) is 11.2. The fourth-order valence-corrected chi connectivity index (χ4v) is 2.61. The van der Waals surface area contributed by atoms with Crippen LogP contribution in [-0.4, -0.2) is 17.2 Å². The fourth-order valence-electron chi connectivity index (χ4n) is 2.61. The number of aryl methyl sites for hydroxylation is 1. The Balaban J connectivity index is 2.21. The van der Waals surface area contributed by atoms with Crippen LogP contribution in [0.1, 0.15) is 5.56 Å². The molecule has 0 unspecified atom stereocenters. The third-order valence-corrected chi connectivity index (χ3v) is 3.63. The molecule has 3 heteroatoms. The molecular formula is C17H15BO2. The minimum atomic E-state index is -1.42. The molecule has 98 valence electrons. The molecule has 0 saturated carbocycles. The van der Waals surface area contributed by atoms with Gasteiger partial charge in [0.05, 0.1) is 0 Å². The molecule has 0 aliphatic heterocycles. The molecule has 0 aromatic heterocycles. The zero-order chi connectivity index (χ0) is 14.1. The lowest BCUT2D eigenvalue weighted by Gasteiger charge is -2.11. The molecule has 20 heavy (non-hydrogen) atoms. The van der Waals surface area contributed by atoms with Crippen LogP contribution in [0.15, 0.2) is 60.7 Å². The van der Waals surface area contributed by atoms with E-state index >= 15 is 0 Å². The molecule has 2 N–H and O–H groups in total. The predicted octanol–water partition coefficient (Wildman–Crippen LogP) is 2.50. The summed E-state index contributed by atoms with van der Waals surface area (Å²) in [5.74, 6) is 0. The van der Waals surface area contributed by atoms with Gasteiger partial charge in [-0.2, -0.15) is 0 Å². The van der Waals surface area contributed by atoms with Crippen LogP contribution < -0.4 is 5.46 Å². The van der Waals surface area contributed by atoms with Crippen LogP contribution in [0.4, 0.5) is 0 Å². The average molecular weight is 262 g/mol. The quantitative estimate of drug-likeness (QED) is 0.696. The second-order valence-corrected chi connectivity index (χ2v) is 4.97. The van der Waals surface area contributed by atoms with Gasteiger partial charge in [-0.15, -0.1) is 0 Å². The summed E-state index contributed by atoms with van der Waals surface area (Å²) in [5, 5.41) is 20.9. The molecule has 0 heterocycles. The number of hydrogen-bond donors (Lipinski definition) is 2. The number of hydrogen-bond acceptors (Lipinski definition) is 2. The maximum atomic E-state index is 9.24. The van der Waals surface area contributed by atoms with Crippen molar-refractivity contribution < 1.29 is 10.0 Å². The molecule has 0 bridgehead atoms. The largest absolute Gasteiger partial charge is 0.488 e. The van der Waals surface area contributed by atoms with Crippen molar-refractivity contribution in [1.82, 2.24) is 0 Å². The van der Waals surface area contributed by atoms with Gasteiger partial charge in [0.25, 0.3) is 0 Å². The third kappa shape index (κ3) is 2.22. The highest BCUT2D eigenvalue weighted by Crippen LogP contribution is 2.30. The summed E-state index contributed by atoms with van der Waals surface area (Å²) in [4.78, 5) is 0. The summed E-state index contributed by atoms with van der Waals surface area (Å²) >= 11 is 0. The molecule has 0 aliphatic carbocycles. The van der Waals surface area contributed by atoms with Gasteiger partial charge >= 0.3 is 7.12 Å². The van der Waals surface area contributed by atoms with Gasteiger partial charge in [0.15, 0.2) is 0 Å². The van der Waals surface area contributed by atoms with Crippen molar-refractivity contribution >= 4 is 23.4 Å². The SMILES string of the molecule is Cc1cc(B(O)O)ccc1-c1cccc2ccccc12. The number of fused-ring (bicyclic) bond motifs is 1. The summed E-state index contributed by atoms with van der Waals surface area (Å²) in [6.07, 6.45) is 0. The lowest BCUT2D eigenvalue weighted by atomic mass is 9.78. The molecule has 2 nitrogen and oxygen atoms in total. The maximum absolute atomic E-state index is 9.24. The van der Waals surface area contributed by atoms with E-state index in [0.717, 1.165) is 11.1 Å². The molecule has 3 aromatic carbocycles. The highest BCUT2D eigenvalue weighted by Gasteiger charge is 2.13. The Morgan fingerprint density at radius 3 is 2.30 bits per heavy atom. The highest BCUT2D eigenvalue weighted by atomic mass is 16.4. The summed E-state index contributed by atoms with van der Waals surface area (Å²) in [7, 11) is -1.42. The second kappa shape index (κ2) is 5.12. The lowest BCUT2D eigenvalue weighted by Crippen LogP contribution is -2.29. The minimum absolute atomic E-state index is 0.520. The maximum Gasteiger partial charge on any atom is 0.488 e. The monoisotopic (exact) mass is 262 g/mol. The Morgan fingerprint density at radius 2 is 1.55 bits per heavy atom. The van der Waals surface area contributed by atoms with E-state index in [0.29, 0.717) is 5.46 Å². The van der Waals surface area contributed by atoms with E-state index in [1.807, 2.05) is 37.3 Å². The Kier molecular flexibility index (Phi) is 3.31. The van der Waals surface area contributed by atoms with Gasteiger partial charge in [0, 0.05) is 0 Å². The standard InChI is InChI=1S/C17H15BO2/c1-12-11-14(18(19)20)9-10-15(12)17-8-4-6-13-5-2-3-7-16(13)17/h2-11,19-20H,1H3. The van der Waals surface area contributed by atoms with E-state index in [1.54, 1.807) is 6.07 Å². The first-order valence-electron chi connectivity index (χ1n) is 6.61. The van der Waals surface area contributed by atoms with E-state index < -0.39 is 7.12 Å². The van der Waals surface area contributed by atoms with Gasteiger partial charge < -0.3 is 10.0 Å². The van der Waals surface area contributed by atoms with Crippen molar-refractivity contribution in [3.8, 4) is 11.1 Å². The molecule has 0 radical (unpaired) electrons. The molecular weight excluding hydrogens is 247 g/mol. The van der Waals surface area contributed by atoms with Gasteiger partial charge in [-0.1, -0.05) is 60.7 Å². The van der Waals surface area contributed by atoms with Crippen LogP contribution in [0.3, 0.4) is 0 Å². The molecule has 0 amide bonds. The van der Waals surface area contributed by atoms with Crippen molar-refractivity contribution in [3.05, 3.63) is 66.2 Å². The topological polar surface area (TPSA) is 40.5 Å².